The van der Waals surface area contributed by atoms with E-state index >= 15 is 0 Å². The first-order valence-corrected chi connectivity index (χ1v) is 13.8. The highest BCUT2D eigenvalue weighted by atomic mass is 79.9. The maximum atomic E-state index is 12.1. The quantitative estimate of drug-likeness (QED) is 0.253. The van der Waals surface area contributed by atoms with Gasteiger partial charge in [0.2, 0.25) is 0 Å². The zero-order chi connectivity index (χ0) is 21.4. The van der Waals surface area contributed by atoms with Crippen molar-refractivity contribution in [3.63, 3.8) is 0 Å². The smallest absolute Gasteiger partial charge is 0.192 e. The van der Waals surface area contributed by atoms with Crippen molar-refractivity contribution in [3.8, 4) is 10.8 Å². The molecular weight excluding hydrogens is 448 g/mol. The number of hydrogen-bond acceptors (Lipinski definition) is 4. The summed E-state index contributed by atoms with van der Waals surface area (Å²) in [6.45, 7) is 9.21. The van der Waals surface area contributed by atoms with Gasteiger partial charge in [-0.15, -0.1) is 0 Å². The Balaban J connectivity index is 2.14. The van der Waals surface area contributed by atoms with Crippen LogP contribution in [0.5, 0.6) is 0 Å². The molecule has 160 valence electrons. The Kier molecular flexibility index (Phi) is 9.11. The Morgan fingerprint density at radius 2 is 1.90 bits per heavy atom. The zero-order valence-electron chi connectivity index (χ0n) is 18.0. The summed E-state index contributed by atoms with van der Waals surface area (Å²) in [6, 6.07) is 13.1. The Morgan fingerprint density at radius 1 is 1.24 bits per heavy atom. The van der Waals surface area contributed by atoms with Crippen LogP contribution in [0.25, 0.3) is 0 Å². The van der Waals surface area contributed by atoms with Crippen LogP contribution in [-0.4, -0.2) is 38.5 Å². The minimum absolute atomic E-state index is 0.152. The van der Waals surface area contributed by atoms with Crippen LogP contribution in [0.15, 0.2) is 30.3 Å². The standard InChI is InChI=1S/C23H33BrO4Si/c1-5-29(6-2,7-3)27-21-13-14-23(18-25,28-22(21,4)15-16-24)19-26-17-20-11-9-8-10-12-20/h8-12,18,21H,5-7,13-14,17,19H2,1-4H3/t21-,22+,23+/m1/s1. The van der Waals surface area contributed by atoms with Crippen LogP contribution in [0.3, 0.4) is 0 Å². The van der Waals surface area contributed by atoms with E-state index in [4.69, 9.17) is 13.9 Å². The van der Waals surface area contributed by atoms with Crippen molar-refractivity contribution in [1.82, 2.24) is 0 Å². The number of hydrogen-bond donors (Lipinski definition) is 0. The lowest BCUT2D eigenvalue weighted by atomic mass is 9.85. The first kappa shape index (κ1) is 24.3. The number of benzene rings is 1. The zero-order valence-corrected chi connectivity index (χ0v) is 20.6. The number of ether oxygens (including phenoxy) is 2. The van der Waals surface area contributed by atoms with Crippen LogP contribution < -0.4 is 0 Å². The molecule has 1 saturated heterocycles. The topological polar surface area (TPSA) is 44.8 Å². The van der Waals surface area contributed by atoms with Crippen LogP contribution in [0.2, 0.25) is 18.1 Å². The molecule has 2 rings (SSSR count). The average molecular weight is 482 g/mol. The van der Waals surface area contributed by atoms with Gasteiger partial charge in [-0.1, -0.05) is 57.0 Å². The summed E-state index contributed by atoms with van der Waals surface area (Å²) < 4.78 is 19.0. The fourth-order valence-electron chi connectivity index (χ4n) is 4.00. The Bertz CT molecular complexity index is 704. The number of carbonyl (C=O) groups excluding carboxylic acids is 1. The molecule has 0 unspecified atom stereocenters. The van der Waals surface area contributed by atoms with Gasteiger partial charge in [0.05, 0.1) is 19.3 Å². The number of rotatable bonds is 10. The van der Waals surface area contributed by atoms with Crippen molar-refractivity contribution in [2.24, 2.45) is 0 Å². The van der Waals surface area contributed by atoms with E-state index in [1.165, 1.54) is 0 Å². The van der Waals surface area contributed by atoms with Crippen LogP contribution >= 0.6 is 15.9 Å². The molecule has 1 aromatic rings. The molecule has 0 bridgehead atoms. The van der Waals surface area contributed by atoms with Crippen LogP contribution in [0, 0.1) is 10.8 Å². The Morgan fingerprint density at radius 3 is 2.45 bits per heavy atom. The van der Waals surface area contributed by atoms with Gasteiger partial charge in [-0.25, -0.2) is 0 Å². The predicted octanol–water partition coefficient (Wildman–Crippen LogP) is 5.46. The van der Waals surface area contributed by atoms with Gasteiger partial charge >= 0.3 is 0 Å². The molecule has 1 fully saturated rings. The molecule has 0 spiro atoms. The summed E-state index contributed by atoms with van der Waals surface area (Å²) in [6.07, 6.45) is 2.02. The van der Waals surface area contributed by atoms with Crippen molar-refractivity contribution < 1.29 is 18.7 Å². The van der Waals surface area contributed by atoms with Gasteiger partial charge in [0.25, 0.3) is 0 Å². The fraction of sp³-hybridized carbons (Fsp3) is 0.609. The lowest BCUT2D eigenvalue weighted by Crippen LogP contribution is -2.60. The third kappa shape index (κ3) is 6.02. The minimum Gasteiger partial charge on any atom is -0.410 e. The highest BCUT2D eigenvalue weighted by Gasteiger charge is 2.51. The van der Waals surface area contributed by atoms with E-state index in [0.29, 0.717) is 13.0 Å². The van der Waals surface area contributed by atoms with E-state index in [-0.39, 0.29) is 12.7 Å². The van der Waals surface area contributed by atoms with Gasteiger partial charge in [-0.05, 0) is 48.3 Å². The van der Waals surface area contributed by atoms with Gasteiger partial charge in [0, 0.05) is 15.9 Å². The monoisotopic (exact) mass is 480 g/mol. The minimum atomic E-state index is -1.83. The third-order valence-electron chi connectivity index (χ3n) is 6.15. The highest BCUT2D eigenvalue weighted by Crippen LogP contribution is 2.39. The molecule has 3 atom stereocenters. The molecule has 0 radical (unpaired) electrons. The van der Waals surface area contributed by atoms with Crippen LogP contribution in [0.1, 0.15) is 46.1 Å². The number of aldehydes is 1. The molecule has 1 aliphatic heterocycles. The van der Waals surface area contributed by atoms with Gasteiger partial charge in [-0.2, -0.15) is 0 Å². The third-order valence-corrected chi connectivity index (χ3v) is 11.0. The maximum absolute atomic E-state index is 12.1. The van der Waals surface area contributed by atoms with Gasteiger partial charge in [-0.3, -0.25) is 0 Å². The fourth-order valence-corrected chi connectivity index (χ4v) is 7.34. The summed E-state index contributed by atoms with van der Waals surface area (Å²) in [7, 11) is -1.83. The van der Waals surface area contributed by atoms with Crippen LogP contribution in [-0.2, 0) is 25.3 Å². The molecule has 1 heterocycles. The van der Waals surface area contributed by atoms with Crippen molar-refractivity contribution in [1.29, 1.82) is 0 Å². The van der Waals surface area contributed by atoms with Crippen molar-refractivity contribution >= 4 is 30.5 Å². The van der Waals surface area contributed by atoms with E-state index in [9.17, 15) is 4.79 Å². The van der Waals surface area contributed by atoms with E-state index in [2.05, 4.69) is 47.5 Å². The van der Waals surface area contributed by atoms with E-state index in [1.54, 1.807) is 0 Å². The highest BCUT2D eigenvalue weighted by molar-refractivity contribution is 9.12. The summed E-state index contributed by atoms with van der Waals surface area (Å²) in [4.78, 5) is 14.9. The number of carbonyl (C=O) groups is 1. The normalized spacial score (nSPS) is 27.1. The molecule has 0 saturated carbocycles. The van der Waals surface area contributed by atoms with Crippen molar-refractivity contribution in [3.05, 3.63) is 35.9 Å². The van der Waals surface area contributed by atoms with Crippen molar-refractivity contribution in [2.45, 2.75) is 82.6 Å². The van der Waals surface area contributed by atoms with E-state index < -0.39 is 19.5 Å². The van der Waals surface area contributed by atoms with Crippen molar-refractivity contribution in [2.75, 3.05) is 6.61 Å². The number of halogens is 1. The van der Waals surface area contributed by atoms with Crippen LogP contribution in [0.4, 0.5) is 0 Å². The molecule has 0 aromatic heterocycles. The van der Waals surface area contributed by atoms with Gasteiger partial charge in [0.15, 0.2) is 20.2 Å². The molecule has 29 heavy (non-hydrogen) atoms. The second kappa shape index (κ2) is 10.9. The lowest BCUT2D eigenvalue weighted by molar-refractivity contribution is -0.209. The summed E-state index contributed by atoms with van der Waals surface area (Å²) in [5.74, 6) is 3.13. The predicted molar refractivity (Wildman–Crippen MR) is 122 cm³/mol. The summed E-state index contributed by atoms with van der Waals surface area (Å²) >= 11 is 3.22. The average Bonchev–Trinajstić information content (AvgIpc) is 2.74. The largest absolute Gasteiger partial charge is 0.410 e. The van der Waals surface area contributed by atoms with E-state index in [1.807, 2.05) is 37.3 Å². The Hall–Kier alpha value is -0.973. The molecule has 6 heteroatoms. The molecular formula is C23H33BrO4Si. The lowest BCUT2D eigenvalue weighted by Gasteiger charge is -2.48. The first-order valence-electron chi connectivity index (χ1n) is 10.5. The Labute approximate surface area is 185 Å². The SMILES string of the molecule is CC[Si](CC)(CC)O[C@@H]1CC[C@](C=O)(COCc2ccccc2)O[C@@]1(C)C#CBr. The molecule has 0 N–H and O–H groups in total. The summed E-state index contributed by atoms with van der Waals surface area (Å²) in [5.41, 5.74) is -0.802. The van der Waals surface area contributed by atoms with E-state index in [0.717, 1.165) is 36.4 Å². The molecule has 0 amide bonds. The van der Waals surface area contributed by atoms with Gasteiger partial charge in [0.1, 0.15) is 5.60 Å². The summed E-state index contributed by atoms with van der Waals surface area (Å²) in [5, 5.41) is 0. The molecule has 0 aliphatic carbocycles. The molecule has 1 aromatic carbocycles. The second-order valence-electron chi connectivity index (χ2n) is 7.98. The van der Waals surface area contributed by atoms with Gasteiger partial charge < -0.3 is 18.7 Å². The first-order chi connectivity index (χ1) is 13.9. The second-order valence-corrected chi connectivity index (χ2v) is 13.1. The maximum Gasteiger partial charge on any atom is 0.192 e. The molecule has 1 aliphatic rings. The molecule has 4 nitrogen and oxygen atoms in total.